The molecule has 1 saturated carbocycles. The van der Waals surface area contributed by atoms with Gasteiger partial charge in [0.1, 0.15) is 17.3 Å². The number of likely N-dealkylation sites (N-methyl/N-ethyl adjacent to an activating group) is 1. The Morgan fingerprint density at radius 1 is 1.17 bits per heavy atom. The van der Waals surface area contributed by atoms with Crippen LogP contribution in [-0.4, -0.2) is 72.6 Å². The van der Waals surface area contributed by atoms with Gasteiger partial charge in [0.2, 0.25) is 0 Å². The number of fused-ring (bicyclic) bond motifs is 2. The Bertz CT molecular complexity index is 1380. The van der Waals surface area contributed by atoms with Crippen molar-refractivity contribution >= 4 is 17.7 Å². The third kappa shape index (κ3) is 6.48. The number of aromatic nitrogens is 2. The van der Waals surface area contributed by atoms with Gasteiger partial charge >= 0.3 is 11.8 Å². The van der Waals surface area contributed by atoms with Crippen molar-refractivity contribution in [3.8, 4) is 0 Å². The van der Waals surface area contributed by atoms with Crippen LogP contribution in [0.15, 0.2) is 29.1 Å². The van der Waals surface area contributed by atoms with Gasteiger partial charge in [0, 0.05) is 58.4 Å². The van der Waals surface area contributed by atoms with Crippen molar-refractivity contribution in [3.63, 3.8) is 0 Å². The Labute approximate surface area is 238 Å². The first kappa shape index (κ1) is 30.3. The molecule has 2 bridgehead atoms. The van der Waals surface area contributed by atoms with E-state index >= 15 is 0 Å². The molecule has 1 aliphatic carbocycles. The second-order valence-corrected chi connectivity index (χ2v) is 11.6. The molecule has 1 aromatic heterocycles. The molecule has 5 rings (SSSR count). The fraction of sp³-hybridized carbons (Fsp3) is 0.552. The molecule has 12 heteroatoms. The Balaban J connectivity index is 1.68. The summed E-state index contributed by atoms with van der Waals surface area (Å²) in [5, 5.41) is 9.16. The molecule has 2 aromatic rings. The molecule has 222 valence electrons. The minimum atomic E-state index is -1.09. The Kier molecular flexibility index (Phi) is 8.93. The van der Waals surface area contributed by atoms with E-state index in [-0.39, 0.29) is 35.3 Å². The van der Waals surface area contributed by atoms with Crippen molar-refractivity contribution in [2.75, 3.05) is 34.4 Å². The molecule has 3 aliphatic rings. The van der Waals surface area contributed by atoms with Crippen LogP contribution in [0.4, 0.5) is 4.39 Å². The average Bonchev–Trinajstić information content (AvgIpc) is 3.16. The van der Waals surface area contributed by atoms with E-state index in [1.165, 1.54) is 31.1 Å². The molecule has 41 heavy (non-hydrogen) atoms. The quantitative estimate of drug-likeness (QED) is 0.386. The standard InChI is InChI=1S/C29H39FN6O5/c1-18-12-20(6-7-21(18)30)14-31-24(38)22-13-23(37)36-17-28(16-32-19(2)15-41-5)8-10-29(11-9-28,27(36)33-22)34-25(39)26(40)35(3)4/h6-7,12-13,19,32H,8-11,14-17H2,1-5H3,(H,31,38)(H,34,39). The fourth-order valence-corrected chi connectivity index (χ4v) is 5.74. The van der Waals surface area contributed by atoms with Gasteiger partial charge in [-0.15, -0.1) is 0 Å². The predicted octanol–water partition coefficient (Wildman–Crippen LogP) is 1.22. The zero-order valence-electron chi connectivity index (χ0n) is 24.3. The summed E-state index contributed by atoms with van der Waals surface area (Å²) in [5.41, 5.74) is -0.718. The van der Waals surface area contributed by atoms with Gasteiger partial charge in [-0.3, -0.25) is 23.7 Å². The molecule has 0 saturated heterocycles. The zero-order chi connectivity index (χ0) is 29.9. The lowest BCUT2D eigenvalue weighted by Gasteiger charge is -2.42. The SMILES string of the molecule is COCC(C)NCC12CCC(NC(=O)C(=O)N(C)C)(CC1)c1nc(C(=O)NCc3ccc(F)c(C)c3)cc(=O)n1C2. The first-order valence-corrected chi connectivity index (χ1v) is 13.8. The number of carbonyl (C=O) groups excluding carboxylic acids is 3. The summed E-state index contributed by atoms with van der Waals surface area (Å²) in [6.45, 7) is 5.31. The van der Waals surface area contributed by atoms with Crippen molar-refractivity contribution in [1.82, 2.24) is 30.4 Å². The maximum absolute atomic E-state index is 13.6. The van der Waals surface area contributed by atoms with Crippen molar-refractivity contribution in [2.45, 2.75) is 64.2 Å². The molecule has 11 nitrogen and oxygen atoms in total. The molecule has 1 unspecified atom stereocenters. The Hall–Kier alpha value is -3.64. The van der Waals surface area contributed by atoms with Crippen molar-refractivity contribution in [3.05, 3.63) is 63.1 Å². The van der Waals surface area contributed by atoms with Gasteiger partial charge in [0.05, 0.1) is 12.1 Å². The number of methoxy groups -OCH3 is 1. The van der Waals surface area contributed by atoms with E-state index in [2.05, 4.69) is 20.9 Å². The number of hydrogen-bond acceptors (Lipinski definition) is 7. The zero-order valence-corrected chi connectivity index (χ0v) is 24.3. The third-order valence-electron chi connectivity index (χ3n) is 8.20. The van der Waals surface area contributed by atoms with E-state index in [0.717, 1.165) is 0 Å². The number of rotatable bonds is 9. The topological polar surface area (TPSA) is 135 Å². The monoisotopic (exact) mass is 570 g/mol. The number of nitrogens with zero attached hydrogens (tertiary/aromatic N) is 3. The van der Waals surface area contributed by atoms with E-state index in [9.17, 15) is 23.6 Å². The molecular weight excluding hydrogens is 531 g/mol. The van der Waals surface area contributed by atoms with E-state index < -0.39 is 28.8 Å². The van der Waals surface area contributed by atoms with Gasteiger partial charge in [0.25, 0.3) is 11.5 Å². The highest BCUT2D eigenvalue weighted by atomic mass is 19.1. The van der Waals surface area contributed by atoms with Crippen LogP contribution in [0.3, 0.4) is 0 Å². The van der Waals surface area contributed by atoms with Crippen LogP contribution in [0.1, 0.15) is 60.0 Å². The lowest BCUT2D eigenvalue weighted by Crippen LogP contribution is -2.54. The summed E-state index contributed by atoms with van der Waals surface area (Å²) >= 11 is 0. The number of nitrogens with one attached hydrogen (secondary N) is 3. The first-order chi connectivity index (χ1) is 19.4. The number of halogens is 1. The number of carbonyl (C=O) groups is 3. The highest BCUT2D eigenvalue weighted by molar-refractivity contribution is 6.35. The number of aryl methyl sites for hydroxylation is 1. The summed E-state index contributed by atoms with van der Waals surface area (Å²) in [6, 6.07) is 5.86. The summed E-state index contributed by atoms with van der Waals surface area (Å²) in [4.78, 5) is 58.0. The van der Waals surface area contributed by atoms with E-state index in [0.29, 0.717) is 56.5 Å². The van der Waals surface area contributed by atoms with Gasteiger partial charge in [-0.05, 0) is 56.7 Å². The van der Waals surface area contributed by atoms with E-state index in [1.54, 1.807) is 30.7 Å². The van der Waals surface area contributed by atoms with Crippen molar-refractivity contribution in [1.29, 1.82) is 0 Å². The smallest absolute Gasteiger partial charge is 0.311 e. The minimum Gasteiger partial charge on any atom is -0.383 e. The molecular formula is C29H39FN6O5. The molecule has 2 aliphatic heterocycles. The summed E-state index contributed by atoms with van der Waals surface area (Å²) in [7, 11) is 4.63. The molecule has 3 amide bonds. The fourth-order valence-electron chi connectivity index (χ4n) is 5.74. The third-order valence-corrected chi connectivity index (χ3v) is 8.20. The number of hydrogen-bond donors (Lipinski definition) is 3. The van der Waals surface area contributed by atoms with Crippen LogP contribution >= 0.6 is 0 Å². The maximum atomic E-state index is 13.6. The predicted molar refractivity (Wildman–Crippen MR) is 150 cm³/mol. The number of benzene rings is 1. The second-order valence-electron chi connectivity index (χ2n) is 11.6. The molecule has 1 fully saturated rings. The van der Waals surface area contributed by atoms with Gasteiger partial charge < -0.3 is 25.6 Å². The van der Waals surface area contributed by atoms with Crippen LogP contribution in [-0.2, 0) is 33.0 Å². The first-order valence-electron chi connectivity index (χ1n) is 13.8. The average molecular weight is 571 g/mol. The van der Waals surface area contributed by atoms with Gasteiger partial charge in [-0.25, -0.2) is 9.37 Å². The van der Waals surface area contributed by atoms with Crippen LogP contribution in [0.2, 0.25) is 0 Å². The Morgan fingerprint density at radius 2 is 1.88 bits per heavy atom. The lowest BCUT2D eigenvalue weighted by atomic mass is 9.68. The number of amides is 3. The van der Waals surface area contributed by atoms with Crippen LogP contribution in [0.5, 0.6) is 0 Å². The highest BCUT2D eigenvalue weighted by Crippen LogP contribution is 2.49. The van der Waals surface area contributed by atoms with E-state index in [1.807, 2.05) is 6.92 Å². The number of ether oxygens (including phenoxy) is 1. The van der Waals surface area contributed by atoms with Crippen molar-refractivity contribution in [2.24, 2.45) is 5.41 Å². The normalized spacial score (nSPS) is 21.9. The molecule has 1 atom stereocenters. The summed E-state index contributed by atoms with van der Waals surface area (Å²) in [6.07, 6.45) is 2.24. The van der Waals surface area contributed by atoms with Crippen LogP contribution < -0.4 is 21.5 Å². The van der Waals surface area contributed by atoms with Gasteiger partial charge in [0.15, 0.2) is 0 Å². The van der Waals surface area contributed by atoms with Crippen LogP contribution in [0, 0.1) is 18.2 Å². The lowest BCUT2D eigenvalue weighted by molar-refractivity contribution is -0.145. The van der Waals surface area contributed by atoms with Crippen molar-refractivity contribution < 1.29 is 23.5 Å². The van der Waals surface area contributed by atoms with E-state index in [4.69, 9.17) is 4.74 Å². The molecule has 3 heterocycles. The molecule has 0 spiro atoms. The summed E-state index contributed by atoms with van der Waals surface area (Å²) < 4.78 is 20.4. The molecule has 1 aromatic carbocycles. The second kappa shape index (κ2) is 12.1. The van der Waals surface area contributed by atoms with Gasteiger partial charge in [-0.2, -0.15) is 0 Å². The van der Waals surface area contributed by atoms with Gasteiger partial charge in [-0.1, -0.05) is 12.1 Å². The molecule has 0 radical (unpaired) electrons. The summed E-state index contributed by atoms with van der Waals surface area (Å²) in [5.74, 6) is -2.14. The molecule has 3 N–H and O–H groups in total. The van der Waals surface area contributed by atoms with Crippen LogP contribution in [0.25, 0.3) is 0 Å². The largest absolute Gasteiger partial charge is 0.383 e. The minimum absolute atomic E-state index is 0.0844. The highest BCUT2D eigenvalue weighted by Gasteiger charge is 2.51. The Morgan fingerprint density at radius 3 is 2.51 bits per heavy atom. The maximum Gasteiger partial charge on any atom is 0.311 e.